The highest BCUT2D eigenvalue weighted by atomic mass is 19.4. The number of nitrogens with one attached hydrogen (secondary N) is 1. The summed E-state index contributed by atoms with van der Waals surface area (Å²) in [5, 5.41) is 2.25. The van der Waals surface area contributed by atoms with Crippen LogP contribution in [-0.2, 0) is 5.92 Å². The van der Waals surface area contributed by atoms with Crippen LogP contribution in [0, 0.1) is 5.95 Å². The largest absolute Gasteiger partial charge is 0.492 e. The number of aromatic nitrogens is 1. The first-order chi connectivity index (χ1) is 14.6. The van der Waals surface area contributed by atoms with Crippen molar-refractivity contribution in [1.29, 1.82) is 0 Å². The molecule has 0 saturated carbocycles. The fourth-order valence-electron chi connectivity index (χ4n) is 3.18. The average Bonchev–Trinajstić information content (AvgIpc) is 3.21. The van der Waals surface area contributed by atoms with E-state index in [4.69, 9.17) is 4.74 Å². The first-order valence-corrected chi connectivity index (χ1v) is 9.45. The Hall–Kier alpha value is -2.82. The van der Waals surface area contributed by atoms with Crippen LogP contribution in [0.5, 0.6) is 5.75 Å². The van der Waals surface area contributed by atoms with Crippen LogP contribution in [0.4, 0.5) is 32.0 Å². The number of ether oxygens (including phenoxy) is 1. The molecule has 1 aliphatic heterocycles. The van der Waals surface area contributed by atoms with Gasteiger partial charge in [-0.3, -0.25) is 9.69 Å². The molecule has 3 rings (SSSR count). The van der Waals surface area contributed by atoms with Gasteiger partial charge in [-0.2, -0.15) is 26.3 Å². The molecule has 11 heteroatoms. The minimum atomic E-state index is -5.83. The van der Waals surface area contributed by atoms with Crippen molar-refractivity contribution in [3.63, 3.8) is 0 Å². The van der Waals surface area contributed by atoms with E-state index in [0.29, 0.717) is 12.6 Å². The summed E-state index contributed by atoms with van der Waals surface area (Å²) in [5.74, 6) is -7.87. The molecule has 1 aromatic heterocycles. The molecule has 0 unspecified atom stereocenters. The van der Waals surface area contributed by atoms with Gasteiger partial charge in [0.15, 0.2) is 0 Å². The number of alkyl halides is 5. The predicted octanol–water partition coefficient (Wildman–Crippen LogP) is 4.60. The third-order valence-electron chi connectivity index (χ3n) is 4.80. The van der Waals surface area contributed by atoms with E-state index in [1.807, 2.05) is 4.90 Å². The Morgan fingerprint density at radius 1 is 1.13 bits per heavy atom. The number of rotatable bonds is 7. The summed E-state index contributed by atoms with van der Waals surface area (Å²) in [6.07, 6.45) is -2.75. The van der Waals surface area contributed by atoms with Crippen molar-refractivity contribution in [3.05, 3.63) is 53.6 Å². The maximum atomic E-state index is 14.0. The molecule has 2 aromatic rings. The van der Waals surface area contributed by atoms with Crippen LogP contribution in [0.15, 0.2) is 36.5 Å². The second-order valence-corrected chi connectivity index (χ2v) is 6.98. The van der Waals surface area contributed by atoms with Crippen molar-refractivity contribution in [1.82, 2.24) is 9.88 Å². The predicted molar refractivity (Wildman–Crippen MR) is 99.7 cm³/mol. The highest BCUT2D eigenvalue weighted by Crippen LogP contribution is 2.47. The van der Waals surface area contributed by atoms with Gasteiger partial charge in [-0.15, -0.1) is 0 Å². The van der Waals surface area contributed by atoms with Gasteiger partial charge in [0.05, 0.1) is 11.1 Å². The van der Waals surface area contributed by atoms with Crippen molar-refractivity contribution < 1.29 is 35.9 Å². The summed E-state index contributed by atoms with van der Waals surface area (Å²) in [5.41, 5.74) is -1.91. The molecule has 0 radical (unpaired) electrons. The lowest BCUT2D eigenvalue weighted by Gasteiger charge is -2.23. The maximum Gasteiger partial charge on any atom is 0.458 e. The molecule has 2 heterocycles. The zero-order valence-electron chi connectivity index (χ0n) is 16.2. The molecule has 1 aromatic carbocycles. The topological polar surface area (TPSA) is 54.5 Å². The number of carbonyl (C=O) groups excluding carboxylic acids is 1. The van der Waals surface area contributed by atoms with Crippen LogP contribution in [0.1, 0.15) is 28.8 Å². The van der Waals surface area contributed by atoms with Crippen LogP contribution in [0.3, 0.4) is 0 Å². The van der Waals surface area contributed by atoms with Gasteiger partial charge in [-0.1, -0.05) is 0 Å². The standard InChI is InChI=1S/C20H19F6N3O2/c21-17-14(4-3-7-27-17)18(30)28-13-5-6-15(19(22,23)20(24,25)26)16(12-13)31-11-10-29-8-1-2-9-29/h3-7,12H,1-2,8-11H2,(H,28,30). The summed E-state index contributed by atoms with van der Waals surface area (Å²) >= 11 is 0. The van der Waals surface area contributed by atoms with Gasteiger partial charge < -0.3 is 10.1 Å². The molecule has 1 saturated heterocycles. The summed E-state index contributed by atoms with van der Waals surface area (Å²) in [4.78, 5) is 17.5. The SMILES string of the molecule is O=C(Nc1ccc(C(F)(F)C(F)(F)F)c(OCCN2CCCC2)c1)c1cccnc1F. The van der Waals surface area contributed by atoms with Gasteiger partial charge in [0.2, 0.25) is 5.95 Å². The maximum absolute atomic E-state index is 14.0. The van der Waals surface area contributed by atoms with Crippen molar-refractivity contribution in [2.45, 2.75) is 24.9 Å². The van der Waals surface area contributed by atoms with Gasteiger partial charge in [-0.25, -0.2) is 4.98 Å². The Morgan fingerprint density at radius 3 is 2.48 bits per heavy atom. The highest BCUT2D eigenvalue weighted by molar-refractivity contribution is 6.04. The number of carbonyl (C=O) groups is 1. The van der Waals surface area contributed by atoms with Gasteiger partial charge in [-0.05, 0) is 50.2 Å². The van der Waals surface area contributed by atoms with E-state index >= 15 is 0 Å². The molecule has 1 amide bonds. The molecule has 168 valence electrons. The Labute approximate surface area is 174 Å². The Kier molecular flexibility index (Phi) is 6.73. The van der Waals surface area contributed by atoms with E-state index in [9.17, 15) is 31.1 Å². The molecule has 1 fully saturated rings. The molecule has 0 bridgehead atoms. The number of pyridine rings is 1. The molecule has 0 atom stereocenters. The first kappa shape index (κ1) is 22.9. The molecule has 1 N–H and O–H groups in total. The van der Waals surface area contributed by atoms with E-state index in [-0.39, 0.29) is 12.3 Å². The van der Waals surface area contributed by atoms with E-state index in [1.165, 1.54) is 6.07 Å². The van der Waals surface area contributed by atoms with Crippen LogP contribution >= 0.6 is 0 Å². The molecule has 0 aliphatic carbocycles. The third-order valence-corrected chi connectivity index (χ3v) is 4.80. The van der Waals surface area contributed by atoms with Crippen molar-refractivity contribution in [2.24, 2.45) is 0 Å². The second kappa shape index (κ2) is 9.13. The molecule has 31 heavy (non-hydrogen) atoms. The van der Waals surface area contributed by atoms with E-state index in [1.54, 1.807) is 0 Å². The Balaban J connectivity index is 1.84. The summed E-state index contributed by atoms with van der Waals surface area (Å²) in [6.45, 7) is 1.83. The Morgan fingerprint density at radius 2 is 1.84 bits per heavy atom. The number of hydrogen-bond donors (Lipinski definition) is 1. The zero-order valence-corrected chi connectivity index (χ0v) is 16.2. The van der Waals surface area contributed by atoms with Crippen molar-refractivity contribution in [3.8, 4) is 5.75 Å². The molecule has 5 nitrogen and oxygen atoms in total. The van der Waals surface area contributed by atoms with Crippen LogP contribution in [-0.4, -0.2) is 48.2 Å². The lowest BCUT2D eigenvalue weighted by atomic mass is 10.1. The lowest BCUT2D eigenvalue weighted by molar-refractivity contribution is -0.289. The van der Waals surface area contributed by atoms with E-state index in [0.717, 1.165) is 50.3 Å². The van der Waals surface area contributed by atoms with Gasteiger partial charge >= 0.3 is 12.1 Å². The van der Waals surface area contributed by atoms with Gasteiger partial charge in [0.1, 0.15) is 12.4 Å². The monoisotopic (exact) mass is 447 g/mol. The lowest BCUT2D eigenvalue weighted by Crippen LogP contribution is -2.34. The fraction of sp³-hybridized carbons (Fsp3) is 0.400. The third kappa shape index (κ3) is 5.27. The average molecular weight is 447 g/mol. The van der Waals surface area contributed by atoms with Crippen LogP contribution in [0.2, 0.25) is 0 Å². The first-order valence-electron chi connectivity index (χ1n) is 9.45. The number of nitrogens with zero attached hydrogens (tertiary/aromatic N) is 2. The zero-order chi connectivity index (χ0) is 22.6. The fourth-order valence-corrected chi connectivity index (χ4v) is 3.18. The van der Waals surface area contributed by atoms with E-state index in [2.05, 4.69) is 10.3 Å². The summed E-state index contributed by atoms with van der Waals surface area (Å²) < 4.78 is 85.7. The number of benzene rings is 1. The number of amides is 1. The molecule has 0 spiro atoms. The van der Waals surface area contributed by atoms with E-state index < -0.39 is 40.8 Å². The minimum absolute atomic E-state index is 0.116. The van der Waals surface area contributed by atoms with Crippen LogP contribution in [0.25, 0.3) is 0 Å². The molecule has 1 aliphatic rings. The second-order valence-electron chi connectivity index (χ2n) is 6.98. The molecular weight excluding hydrogens is 428 g/mol. The number of likely N-dealkylation sites (tertiary alicyclic amines) is 1. The van der Waals surface area contributed by atoms with Crippen molar-refractivity contribution in [2.75, 3.05) is 31.6 Å². The van der Waals surface area contributed by atoms with Gasteiger partial charge in [0, 0.05) is 24.5 Å². The summed E-state index contributed by atoms with van der Waals surface area (Å²) in [6, 6.07) is 4.74. The summed E-state index contributed by atoms with van der Waals surface area (Å²) in [7, 11) is 0. The normalized spacial score (nSPS) is 15.2. The Bertz CT molecular complexity index is 929. The smallest absolute Gasteiger partial charge is 0.458 e. The quantitative estimate of drug-likeness (QED) is 0.498. The molecular formula is C20H19F6N3O2. The van der Waals surface area contributed by atoms with Gasteiger partial charge in [0.25, 0.3) is 5.91 Å². The number of anilines is 1. The number of hydrogen-bond acceptors (Lipinski definition) is 4. The van der Waals surface area contributed by atoms with Crippen molar-refractivity contribution >= 4 is 11.6 Å². The van der Waals surface area contributed by atoms with Crippen LogP contribution < -0.4 is 10.1 Å². The minimum Gasteiger partial charge on any atom is -0.492 e. The number of halogens is 6. The highest BCUT2D eigenvalue weighted by Gasteiger charge is 2.60.